The minimum atomic E-state index is -4.23. The van der Waals surface area contributed by atoms with Gasteiger partial charge in [0.25, 0.3) is 0 Å². The maximum Gasteiger partial charge on any atom is 0.384 e. The molecule has 1 aromatic heterocycles. The van der Waals surface area contributed by atoms with Crippen LogP contribution in [0.25, 0.3) is 22.2 Å². The quantitative estimate of drug-likeness (QED) is 0.158. The molecule has 0 spiro atoms. The Morgan fingerprint density at radius 3 is 2.38 bits per heavy atom. The molecule has 11 nitrogen and oxygen atoms in total. The van der Waals surface area contributed by atoms with Crippen LogP contribution in [0, 0.1) is 0 Å². The van der Waals surface area contributed by atoms with Crippen LogP contribution in [0.5, 0.6) is 5.75 Å². The lowest BCUT2D eigenvalue weighted by molar-refractivity contribution is -0.326. The summed E-state index contributed by atoms with van der Waals surface area (Å²) in [6, 6.07) is 26.1. The van der Waals surface area contributed by atoms with Crippen LogP contribution in [0.2, 0.25) is 0 Å². The molecule has 6 N–H and O–H groups in total. The lowest BCUT2D eigenvalue weighted by Crippen LogP contribution is -2.30. The highest BCUT2D eigenvalue weighted by Crippen LogP contribution is 2.32. The molecule has 0 aliphatic rings. The number of benzene rings is 4. The lowest BCUT2D eigenvalue weighted by Gasteiger charge is -2.19. The fraction of sp³-hybridized carbons (Fsp3) is 0.100. The van der Waals surface area contributed by atoms with E-state index in [0.29, 0.717) is 28.3 Å². The SMILES string of the molecule is COc1ccc(-c2cccc(NC(=O)Nc3[nH]c4ccccc4[nH+]3)c2)cc1S(=O)(=O)N[C@@H](CC(=O)O)c1ccccc1. The molecule has 1 atom stereocenters. The number of nitrogens with one attached hydrogen (secondary N) is 5. The fourth-order valence-electron chi connectivity index (χ4n) is 4.52. The van der Waals surface area contributed by atoms with Crippen LogP contribution >= 0.6 is 0 Å². The third kappa shape index (κ3) is 6.57. The highest BCUT2D eigenvalue weighted by atomic mass is 32.2. The lowest BCUT2D eigenvalue weighted by atomic mass is 10.0. The number of ether oxygens (including phenoxy) is 1. The van der Waals surface area contributed by atoms with E-state index in [0.717, 1.165) is 11.0 Å². The van der Waals surface area contributed by atoms with Crippen LogP contribution in [0.15, 0.2) is 102 Å². The molecule has 0 saturated carbocycles. The van der Waals surface area contributed by atoms with E-state index in [1.807, 2.05) is 24.3 Å². The molecule has 5 rings (SSSR count). The number of aromatic amines is 2. The molecule has 0 aliphatic carbocycles. The molecule has 0 saturated heterocycles. The van der Waals surface area contributed by atoms with Gasteiger partial charge in [0, 0.05) is 5.69 Å². The number of carboxylic acid groups (broad SMARTS) is 1. The number of anilines is 2. The molecule has 12 heteroatoms. The Labute approximate surface area is 241 Å². The topological polar surface area (TPSA) is 164 Å². The Bertz CT molecular complexity index is 1820. The van der Waals surface area contributed by atoms with Crippen molar-refractivity contribution in [3.05, 3.63) is 103 Å². The van der Waals surface area contributed by atoms with E-state index in [9.17, 15) is 23.1 Å². The number of carbonyl (C=O) groups is 2. The van der Waals surface area contributed by atoms with Crippen molar-refractivity contribution >= 4 is 44.7 Å². The number of hydrogen-bond donors (Lipinski definition) is 5. The van der Waals surface area contributed by atoms with Crippen LogP contribution in [0.3, 0.4) is 0 Å². The van der Waals surface area contributed by atoms with Gasteiger partial charge in [-0.3, -0.25) is 10.1 Å². The van der Waals surface area contributed by atoms with Crippen LogP contribution < -0.4 is 25.1 Å². The largest absolute Gasteiger partial charge is 0.495 e. The van der Waals surface area contributed by atoms with Gasteiger partial charge in [0.1, 0.15) is 21.7 Å². The Balaban J connectivity index is 1.38. The summed E-state index contributed by atoms with van der Waals surface area (Å²) < 4.78 is 35.0. The maximum atomic E-state index is 13.6. The van der Waals surface area contributed by atoms with Crippen LogP contribution in [0.4, 0.5) is 16.4 Å². The number of imidazole rings is 1. The van der Waals surface area contributed by atoms with Gasteiger partial charge in [0.15, 0.2) is 0 Å². The smallest absolute Gasteiger partial charge is 0.384 e. The van der Waals surface area contributed by atoms with Crippen molar-refractivity contribution < 1.29 is 32.8 Å². The maximum absolute atomic E-state index is 13.6. The molecular weight excluding hydrogens is 558 g/mol. The first-order valence-electron chi connectivity index (χ1n) is 12.9. The molecule has 42 heavy (non-hydrogen) atoms. The minimum Gasteiger partial charge on any atom is -0.495 e. The van der Waals surface area contributed by atoms with Gasteiger partial charge in [-0.25, -0.2) is 27.9 Å². The van der Waals surface area contributed by atoms with E-state index in [1.54, 1.807) is 60.7 Å². The van der Waals surface area contributed by atoms with Gasteiger partial charge >= 0.3 is 17.9 Å². The zero-order chi connectivity index (χ0) is 29.7. The van der Waals surface area contributed by atoms with Crippen molar-refractivity contribution in [2.24, 2.45) is 0 Å². The van der Waals surface area contributed by atoms with E-state index in [1.165, 1.54) is 19.2 Å². The average Bonchev–Trinajstić information content (AvgIpc) is 3.39. The number of amides is 2. The van der Waals surface area contributed by atoms with Gasteiger partial charge in [-0.15, -0.1) is 0 Å². The second-order valence-electron chi connectivity index (χ2n) is 9.38. The number of aliphatic carboxylic acids is 1. The van der Waals surface area contributed by atoms with Crippen molar-refractivity contribution in [3.8, 4) is 16.9 Å². The van der Waals surface area contributed by atoms with Gasteiger partial charge < -0.3 is 9.84 Å². The first-order valence-corrected chi connectivity index (χ1v) is 14.4. The normalized spacial score (nSPS) is 12.0. The van der Waals surface area contributed by atoms with E-state index in [2.05, 4.69) is 25.3 Å². The molecule has 214 valence electrons. The molecule has 2 amide bonds. The summed E-state index contributed by atoms with van der Waals surface area (Å²) in [6.45, 7) is 0. The fourth-order valence-corrected chi connectivity index (χ4v) is 5.94. The highest BCUT2D eigenvalue weighted by molar-refractivity contribution is 7.89. The Morgan fingerprint density at radius 1 is 0.905 bits per heavy atom. The van der Waals surface area contributed by atoms with Crippen molar-refractivity contribution in [2.45, 2.75) is 17.4 Å². The van der Waals surface area contributed by atoms with Gasteiger partial charge in [0.05, 0.1) is 19.6 Å². The third-order valence-electron chi connectivity index (χ3n) is 6.47. The van der Waals surface area contributed by atoms with E-state index in [-0.39, 0.29) is 10.6 Å². The van der Waals surface area contributed by atoms with Crippen molar-refractivity contribution in [2.75, 3.05) is 17.7 Å². The third-order valence-corrected chi connectivity index (χ3v) is 7.96. The van der Waals surface area contributed by atoms with Gasteiger partial charge in [-0.1, -0.05) is 60.7 Å². The number of hydrogen-bond acceptors (Lipinski definition) is 5. The van der Waals surface area contributed by atoms with Gasteiger partial charge in [0.2, 0.25) is 10.0 Å². The second-order valence-corrected chi connectivity index (χ2v) is 11.1. The number of rotatable bonds is 10. The molecule has 0 radical (unpaired) electrons. The van der Waals surface area contributed by atoms with Crippen LogP contribution in [-0.4, -0.2) is 37.6 Å². The number of sulfonamides is 1. The highest BCUT2D eigenvalue weighted by Gasteiger charge is 2.27. The summed E-state index contributed by atoms with van der Waals surface area (Å²) in [5, 5.41) is 14.9. The molecule has 1 heterocycles. The summed E-state index contributed by atoms with van der Waals surface area (Å²) in [4.78, 5) is 30.2. The summed E-state index contributed by atoms with van der Waals surface area (Å²) in [5.41, 5.74) is 3.85. The number of fused-ring (bicyclic) bond motifs is 1. The number of carbonyl (C=O) groups excluding carboxylic acids is 1. The predicted octanol–water partition coefficient (Wildman–Crippen LogP) is 4.80. The molecule has 4 aromatic carbocycles. The number of H-pyrrole nitrogens is 2. The average molecular weight is 587 g/mol. The monoisotopic (exact) mass is 586 g/mol. The summed E-state index contributed by atoms with van der Waals surface area (Å²) in [5.74, 6) is -0.640. The molecule has 0 unspecified atom stereocenters. The molecule has 0 aliphatic heterocycles. The second kappa shape index (κ2) is 12.1. The standard InChI is InChI=1S/C30H27N5O6S/c1-41-26-15-14-21(17-27(26)42(39,40)35-25(18-28(36)37)19-8-3-2-4-9-19)20-10-7-11-22(16-20)31-30(38)34-29-32-23-12-5-6-13-24(23)33-29/h2-17,25,35H,18H2,1H3,(H,36,37)(H3,31,32,33,34,38)/p+1/t25-/m0/s1. The zero-order valence-electron chi connectivity index (χ0n) is 22.4. The summed E-state index contributed by atoms with van der Waals surface area (Å²) in [6.07, 6.45) is -0.447. The molecule has 0 bridgehead atoms. The van der Waals surface area contributed by atoms with E-state index < -0.39 is 34.5 Å². The Morgan fingerprint density at radius 2 is 1.64 bits per heavy atom. The molecule has 5 aromatic rings. The number of aromatic nitrogens is 2. The minimum absolute atomic E-state index is 0.0941. The zero-order valence-corrected chi connectivity index (χ0v) is 23.2. The van der Waals surface area contributed by atoms with Crippen LogP contribution in [0.1, 0.15) is 18.0 Å². The van der Waals surface area contributed by atoms with Crippen molar-refractivity contribution in [3.63, 3.8) is 0 Å². The predicted molar refractivity (Wildman–Crippen MR) is 158 cm³/mol. The van der Waals surface area contributed by atoms with Gasteiger partial charge in [-0.2, -0.15) is 5.32 Å². The number of methoxy groups -OCH3 is 1. The Hall–Kier alpha value is -5.20. The van der Waals surface area contributed by atoms with E-state index in [4.69, 9.17) is 4.74 Å². The Kier molecular flexibility index (Phi) is 8.18. The van der Waals surface area contributed by atoms with Crippen molar-refractivity contribution in [1.82, 2.24) is 9.71 Å². The first kappa shape index (κ1) is 28.3. The number of carboxylic acids is 1. The van der Waals surface area contributed by atoms with Crippen LogP contribution in [-0.2, 0) is 14.8 Å². The molecular formula is C30H28N5O6S+. The summed E-state index contributed by atoms with van der Waals surface area (Å²) >= 11 is 0. The summed E-state index contributed by atoms with van der Waals surface area (Å²) in [7, 11) is -2.87. The van der Waals surface area contributed by atoms with E-state index >= 15 is 0 Å². The number of urea groups is 1. The number of para-hydroxylation sites is 2. The first-order chi connectivity index (χ1) is 20.2. The molecule has 0 fully saturated rings. The van der Waals surface area contributed by atoms with Gasteiger partial charge in [-0.05, 0) is 53.1 Å². The van der Waals surface area contributed by atoms with Crippen molar-refractivity contribution in [1.29, 1.82) is 0 Å².